The van der Waals surface area contributed by atoms with Crippen LogP contribution in [0.4, 0.5) is 0 Å². The quantitative estimate of drug-likeness (QED) is 0.698. The van der Waals surface area contributed by atoms with Gasteiger partial charge in [0.15, 0.2) is 0 Å². The smallest absolute Gasteiger partial charge is 0.240 e. The van der Waals surface area contributed by atoms with E-state index in [2.05, 4.69) is 24.1 Å². The maximum absolute atomic E-state index is 12.3. The minimum atomic E-state index is -0.341. The van der Waals surface area contributed by atoms with Crippen molar-refractivity contribution in [2.24, 2.45) is 0 Å². The number of carbonyl (C=O) groups is 1. The number of amides is 1. The molecule has 1 amide bonds. The van der Waals surface area contributed by atoms with Crippen molar-refractivity contribution in [3.05, 3.63) is 12.2 Å². The van der Waals surface area contributed by atoms with Crippen molar-refractivity contribution >= 4 is 5.91 Å². The van der Waals surface area contributed by atoms with Crippen LogP contribution in [0.5, 0.6) is 0 Å². The molecule has 0 spiro atoms. The molecule has 3 heteroatoms. The van der Waals surface area contributed by atoms with Crippen LogP contribution in [0.2, 0.25) is 0 Å². The second-order valence-electron chi connectivity index (χ2n) is 5.21. The minimum Gasteiger partial charge on any atom is -0.355 e. The van der Waals surface area contributed by atoms with Gasteiger partial charge in [-0.05, 0) is 26.2 Å². The molecule has 0 atom stereocenters. The third kappa shape index (κ3) is 4.15. The Kier molecular flexibility index (Phi) is 5.69. The molecule has 0 saturated heterocycles. The predicted molar refractivity (Wildman–Crippen MR) is 71.9 cm³/mol. The highest BCUT2D eigenvalue weighted by Crippen LogP contribution is 2.28. The molecule has 2 N–H and O–H groups in total. The second-order valence-corrected chi connectivity index (χ2v) is 5.21. The van der Waals surface area contributed by atoms with Crippen molar-refractivity contribution in [1.82, 2.24) is 10.6 Å². The van der Waals surface area contributed by atoms with Crippen LogP contribution in [-0.2, 0) is 4.79 Å². The first-order valence-electron chi connectivity index (χ1n) is 6.78. The maximum atomic E-state index is 12.3. The molecule has 1 aliphatic rings. The Bertz CT molecular complexity index is 267. The van der Waals surface area contributed by atoms with E-state index < -0.39 is 0 Å². The third-order valence-corrected chi connectivity index (χ3v) is 3.41. The molecule has 1 saturated carbocycles. The van der Waals surface area contributed by atoms with Crippen LogP contribution in [0.3, 0.4) is 0 Å². The van der Waals surface area contributed by atoms with E-state index in [1.54, 1.807) is 0 Å². The molecule has 1 rings (SSSR count). The molecule has 0 aliphatic heterocycles. The van der Waals surface area contributed by atoms with Gasteiger partial charge in [-0.3, -0.25) is 10.1 Å². The van der Waals surface area contributed by atoms with Crippen LogP contribution < -0.4 is 10.6 Å². The van der Waals surface area contributed by atoms with E-state index in [4.69, 9.17) is 0 Å². The van der Waals surface area contributed by atoms with Gasteiger partial charge in [-0.2, -0.15) is 0 Å². The van der Waals surface area contributed by atoms with E-state index in [9.17, 15) is 4.79 Å². The van der Waals surface area contributed by atoms with Crippen LogP contribution in [0.25, 0.3) is 0 Å². The Labute approximate surface area is 105 Å². The summed E-state index contributed by atoms with van der Waals surface area (Å²) in [5.41, 5.74) is 0.741. The van der Waals surface area contributed by atoms with Crippen molar-refractivity contribution < 1.29 is 4.79 Å². The summed E-state index contributed by atoms with van der Waals surface area (Å²) in [7, 11) is 0. The first-order valence-corrected chi connectivity index (χ1v) is 6.78. The molecule has 0 aromatic rings. The Morgan fingerprint density at radius 3 is 2.47 bits per heavy atom. The van der Waals surface area contributed by atoms with Gasteiger partial charge in [0.05, 0.1) is 5.54 Å². The first-order chi connectivity index (χ1) is 8.10. The van der Waals surface area contributed by atoms with Gasteiger partial charge in [0.2, 0.25) is 5.91 Å². The monoisotopic (exact) mass is 238 g/mol. The molecule has 1 aliphatic carbocycles. The summed E-state index contributed by atoms with van der Waals surface area (Å²) in [5, 5.41) is 6.47. The predicted octanol–water partition coefficient (Wildman–Crippen LogP) is 2.38. The summed E-state index contributed by atoms with van der Waals surface area (Å²) in [6.07, 6.45) is 6.43. The lowest BCUT2D eigenvalue weighted by Gasteiger charge is -2.37. The van der Waals surface area contributed by atoms with Gasteiger partial charge in [0.1, 0.15) is 0 Å². The van der Waals surface area contributed by atoms with Gasteiger partial charge >= 0.3 is 0 Å². The Morgan fingerprint density at radius 2 is 1.94 bits per heavy atom. The number of rotatable bonds is 6. The van der Waals surface area contributed by atoms with Gasteiger partial charge in [-0.15, -0.1) is 0 Å². The van der Waals surface area contributed by atoms with Gasteiger partial charge in [-0.1, -0.05) is 38.3 Å². The fourth-order valence-corrected chi connectivity index (χ4v) is 2.37. The zero-order chi connectivity index (χ0) is 12.7. The number of carbonyl (C=O) groups excluding carboxylic acids is 1. The van der Waals surface area contributed by atoms with Crippen molar-refractivity contribution in [3.63, 3.8) is 0 Å². The molecule has 0 heterocycles. The highest BCUT2D eigenvalue weighted by molar-refractivity contribution is 5.86. The molecular formula is C14H26N2O. The molecule has 0 aromatic carbocycles. The number of hydrogen-bond donors (Lipinski definition) is 2. The van der Waals surface area contributed by atoms with E-state index in [1.807, 2.05) is 6.92 Å². The van der Waals surface area contributed by atoms with E-state index in [-0.39, 0.29) is 11.4 Å². The van der Waals surface area contributed by atoms with E-state index in [0.717, 1.165) is 50.8 Å². The van der Waals surface area contributed by atoms with Crippen LogP contribution >= 0.6 is 0 Å². The lowest BCUT2D eigenvalue weighted by molar-refractivity contribution is -0.129. The standard InChI is InChI=1S/C14H26N2O/c1-4-10-15-13(17)14(16-11-12(2)3)8-6-5-7-9-14/h16H,2,4-11H2,1,3H3,(H,15,17). The maximum Gasteiger partial charge on any atom is 0.240 e. The summed E-state index contributed by atoms with van der Waals surface area (Å²) in [5.74, 6) is 0.181. The summed E-state index contributed by atoms with van der Waals surface area (Å²) in [4.78, 5) is 12.3. The van der Waals surface area contributed by atoms with Crippen molar-refractivity contribution in [2.45, 2.75) is 57.9 Å². The molecule has 0 unspecified atom stereocenters. The Balaban J connectivity index is 2.63. The molecule has 0 bridgehead atoms. The van der Waals surface area contributed by atoms with E-state index in [1.165, 1.54) is 6.42 Å². The van der Waals surface area contributed by atoms with E-state index >= 15 is 0 Å². The SMILES string of the molecule is C=C(C)CNC1(C(=O)NCCC)CCCCC1. The minimum absolute atomic E-state index is 0.181. The fourth-order valence-electron chi connectivity index (χ4n) is 2.37. The van der Waals surface area contributed by atoms with Crippen LogP contribution in [-0.4, -0.2) is 24.5 Å². The van der Waals surface area contributed by atoms with Crippen LogP contribution in [0.1, 0.15) is 52.4 Å². The Morgan fingerprint density at radius 1 is 1.29 bits per heavy atom. The van der Waals surface area contributed by atoms with Gasteiger partial charge in [-0.25, -0.2) is 0 Å². The van der Waals surface area contributed by atoms with E-state index in [0.29, 0.717) is 0 Å². The molecular weight excluding hydrogens is 212 g/mol. The first kappa shape index (κ1) is 14.2. The van der Waals surface area contributed by atoms with Crippen molar-refractivity contribution in [2.75, 3.05) is 13.1 Å². The summed E-state index contributed by atoms with van der Waals surface area (Å²) in [6.45, 7) is 9.48. The summed E-state index contributed by atoms with van der Waals surface area (Å²) in [6, 6.07) is 0. The zero-order valence-corrected chi connectivity index (χ0v) is 11.3. The molecule has 0 radical (unpaired) electrons. The summed E-state index contributed by atoms with van der Waals surface area (Å²) >= 11 is 0. The third-order valence-electron chi connectivity index (χ3n) is 3.41. The molecule has 0 aromatic heterocycles. The van der Waals surface area contributed by atoms with Crippen molar-refractivity contribution in [3.8, 4) is 0 Å². The topological polar surface area (TPSA) is 41.1 Å². The fraction of sp³-hybridized carbons (Fsp3) is 0.786. The average molecular weight is 238 g/mol. The van der Waals surface area contributed by atoms with Crippen LogP contribution in [0.15, 0.2) is 12.2 Å². The second kappa shape index (κ2) is 6.80. The zero-order valence-electron chi connectivity index (χ0n) is 11.3. The molecule has 3 nitrogen and oxygen atoms in total. The number of hydrogen-bond acceptors (Lipinski definition) is 2. The average Bonchev–Trinajstić information content (AvgIpc) is 2.34. The lowest BCUT2D eigenvalue weighted by atomic mass is 9.80. The molecule has 17 heavy (non-hydrogen) atoms. The summed E-state index contributed by atoms with van der Waals surface area (Å²) < 4.78 is 0. The Hall–Kier alpha value is -0.830. The molecule has 1 fully saturated rings. The highest BCUT2D eigenvalue weighted by Gasteiger charge is 2.38. The lowest BCUT2D eigenvalue weighted by Crippen LogP contribution is -2.58. The van der Waals surface area contributed by atoms with Gasteiger partial charge < -0.3 is 5.32 Å². The highest BCUT2D eigenvalue weighted by atomic mass is 16.2. The van der Waals surface area contributed by atoms with Crippen molar-refractivity contribution in [1.29, 1.82) is 0 Å². The van der Waals surface area contributed by atoms with Crippen LogP contribution in [0, 0.1) is 0 Å². The number of nitrogens with one attached hydrogen (secondary N) is 2. The normalized spacial score (nSPS) is 18.7. The molecule has 98 valence electrons. The van der Waals surface area contributed by atoms with Gasteiger partial charge in [0, 0.05) is 13.1 Å². The van der Waals surface area contributed by atoms with Gasteiger partial charge in [0.25, 0.3) is 0 Å². The largest absolute Gasteiger partial charge is 0.355 e.